The molecule has 2 rings (SSSR count). The fraction of sp³-hybridized carbons (Fsp3) is 0.647. The molecule has 21 heavy (non-hydrogen) atoms. The molecule has 0 aromatic heterocycles. The highest BCUT2D eigenvalue weighted by Crippen LogP contribution is 2.18. The minimum absolute atomic E-state index is 0.766. The van der Waals surface area contributed by atoms with Crippen LogP contribution in [0.2, 0.25) is 0 Å². The molecule has 1 aliphatic rings. The van der Waals surface area contributed by atoms with Crippen LogP contribution >= 0.6 is 0 Å². The fourth-order valence-corrected chi connectivity index (χ4v) is 2.30. The topological polar surface area (TPSA) is 30.9 Å². The molecule has 1 aliphatic heterocycles. The number of nitrogens with zero attached hydrogens (tertiary/aromatic N) is 1. The van der Waals surface area contributed by atoms with E-state index in [9.17, 15) is 0 Å². The van der Waals surface area contributed by atoms with E-state index in [0.29, 0.717) is 0 Å². The molecule has 0 spiro atoms. The smallest absolute Gasteiger partial charge is 0.119 e. The van der Waals surface area contributed by atoms with Crippen LogP contribution in [0.1, 0.15) is 26.2 Å². The molecule has 4 nitrogen and oxygen atoms in total. The van der Waals surface area contributed by atoms with E-state index in [1.807, 2.05) is 24.3 Å². The molecule has 0 bridgehead atoms. The second-order valence-corrected chi connectivity index (χ2v) is 5.33. The van der Waals surface area contributed by atoms with Crippen LogP contribution < -0.4 is 9.47 Å². The molecule has 0 radical (unpaired) electrons. The lowest BCUT2D eigenvalue weighted by Gasteiger charge is -2.26. The molecule has 0 saturated carbocycles. The van der Waals surface area contributed by atoms with E-state index < -0.39 is 0 Å². The zero-order valence-electron chi connectivity index (χ0n) is 13.1. The van der Waals surface area contributed by atoms with Gasteiger partial charge in [-0.15, -0.1) is 0 Å². The third-order valence-electron chi connectivity index (χ3n) is 3.54. The van der Waals surface area contributed by atoms with Crippen LogP contribution in [0.3, 0.4) is 0 Å². The first-order chi connectivity index (χ1) is 10.4. The van der Waals surface area contributed by atoms with Crippen LogP contribution in [0.15, 0.2) is 24.3 Å². The van der Waals surface area contributed by atoms with Crippen molar-refractivity contribution >= 4 is 0 Å². The van der Waals surface area contributed by atoms with Gasteiger partial charge in [-0.1, -0.05) is 6.92 Å². The Balaban J connectivity index is 1.55. The minimum atomic E-state index is 0.766. The Morgan fingerprint density at radius 3 is 2.19 bits per heavy atom. The summed E-state index contributed by atoms with van der Waals surface area (Å²) in [4.78, 5) is 2.46. The molecule has 118 valence electrons. The lowest BCUT2D eigenvalue weighted by atomic mass is 10.3. The maximum Gasteiger partial charge on any atom is 0.119 e. The molecule has 4 heteroatoms. The molecule has 0 atom stereocenters. The highest BCUT2D eigenvalue weighted by Gasteiger charge is 2.08. The van der Waals surface area contributed by atoms with Gasteiger partial charge in [-0.3, -0.25) is 4.90 Å². The maximum absolute atomic E-state index is 5.76. The van der Waals surface area contributed by atoms with Crippen LogP contribution in [-0.2, 0) is 4.74 Å². The number of morpholine rings is 1. The van der Waals surface area contributed by atoms with E-state index >= 15 is 0 Å². The molecular weight excluding hydrogens is 266 g/mol. The quantitative estimate of drug-likeness (QED) is 0.655. The first kappa shape index (κ1) is 16.1. The Kier molecular flexibility index (Phi) is 7.39. The van der Waals surface area contributed by atoms with Gasteiger partial charge in [-0.05, 0) is 50.1 Å². The number of hydrogen-bond acceptors (Lipinski definition) is 4. The molecule has 1 saturated heterocycles. The summed E-state index contributed by atoms with van der Waals surface area (Å²) in [6, 6.07) is 7.90. The molecule has 1 fully saturated rings. The SMILES string of the molecule is CCCOc1ccc(OCCCCN2CCOCC2)cc1. The first-order valence-electron chi connectivity index (χ1n) is 8.04. The summed E-state index contributed by atoms with van der Waals surface area (Å²) in [7, 11) is 0. The largest absolute Gasteiger partial charge is 0.494 e. The van der Waals surface area contributed by atoms with Gasteiger partial charge in [0.2, 0.25) is 0 Å². The van der Waals surface area contributed by atoms with Crippen molar-refractivity contribution in [2.45, 2.75) is 26.2 Å². The van der Waals surface area contributed by atoms with Gasteiger partial charge in [0.25, 0.3) is 0 Å². The maximum atomic E-state index is 5.76. The second kappa shape index (κ2) is 9.64. The number of ether oxygens (including phenoxy) is 3. The van der Waals surface area contributed by atoms with E-state index in [2.05, 4.69) is 11.8 Å². The molecule has 0 aliphatic carbocycles. The predicted octanol–water partition coefficient (Wildman–Crippen LogP) is 2.97. The van der Waals surface area contributed by atoms with Crippen molar-refractivity contribution < 1.29 is 14.2 Å². The third-order valence-corrected chi connectivity index (χ3v) is 3.54. The number of benzene rings is 1. The van der Waals surface area contributed by atoms with Crippen molar-refractivity contribution in [1.82, 2.24) is 4.90 Å². The molecule has 1 aromatic rings. The minimum Gasteiger partial charge on any atom is -0.494 e. The third kappa shape index (κ3) is 6.36. The Bertz CT molecular complexity index is 374. The molecule has 1 heterocycles. The summed E-state index contributed by atoms with van der Waals surface area (Å²) in [5.41, 5.74) is 0. The molecule has 0 unspecified atom stereocenters. The lowest BCUT2D eigenvalue weighted by molar-refractivity contribution is 0.0368. The molecule has 0 N–H and O–H groups in total. The summed E-state index contributed by atoms with van der Waals surface area (Å²) in [5.74, 6) is 1.83. The fourth-order valence-electron chi connectivity index (χ4n) is 2.30. The van der Waals surface area contributed by atoms with Crippen molar-refractivity contribution in [2.24, 2.45) is 0 Å². The average Bonchev–Trinajstić information content (AvgIpc) is 2.55. The summed E-state index contributed by atoms with van der Waals surface area (Å²) >= 11 is 0. The van der Waals surface area contributed by atoms with E-state index in [4.69, 9.17) is 14.2 Å². The van der Waals surface area contributed by atoms with Gasteiger partial charge in [0.15, 0.2) is 0 Å². The second-order valence-electron chi connectivity index (χ2n) is 5.33. The highest BCUT2D eigenvalue weighted by molar-refractivity contribution is 5.31. The van der Waals surface area contributed by atoms with Crippen molar-refractivity contribution in [2.75, 3.05) is 46.1 Å². The lowest BCUT2D eigenvalue weighted by Crippen LogP contribution is -2.36. The van der Waals surface area contributed by atoms with Gasteiger partial charge in [-0.25, -0.2) is 0 Å². The number of hydrogen-bond donors (Lipinski definition) is 0. The average molecular weight is 293 g/mol. The van der Waals surface area contributed by atoms with Gasteiger partial charge in [0.1, 0.15) is 11.5 Å². The predicted molar refractivity (Wildman–Crippen MR) is 84.2 cm³/mol. The highest BCUT2D eigenvalue weighted by atomic mass is 16.5. The normalized spacial score (nSPS) is 15.9. The Hall–Kier alpha value is -1.26. The van der Waals surface area contributed by atoms with Crippen molar-refractivity contribution in [3.8, 4) is 11.5 Å². The van der Waals surface area contributed by atoms with Crippen LogP contribution in [-0.4, -0.2) is 51.0 Å². The Labute approximate surface area is 128 Å². The zero-order chi connectivity index (χ0) is 14.8. The van der Waals surface area contributed by atoms with Gasteiger partial charge < -0.3 is 14.2 Å². The Morgan fingerprint density at radius 1 is 0.952 bits per heavy atom. The standard InChI is InChI=1S/C17H27NO3/c1-2-12-20-16-5-7-17(8-6-16)21-13-4-3-9-18-10-14-19-15-11-18/h5-8H,2-4,9-15H2,1H3. The summed E-state index contributed by atoms with van der Waals surface area (Å²) in [5, 5.41) is 0. The van der Waals surface area contributed by atoms with E-state index in [0.717, 1.165) is 70.4 Å². The van der Waals surface area contributed by atoms with Crippen molar-refractivity contribution in [1.29, 1.82) is 0 Å². The first-order valence-corrected chi connectivity index (χ1v) is 8.04. The zero-order valence-corrected chi connectivity index (χ0v) is 13.1. The molecule has 1 aromatic carbocycles. The van der Waals surface area contributed by atoms with Crippen molar-refractivity contribution in [3.05, 3.63) is 24.3 Å². The van der Waals surface area contributed by atoms with E-state index in [1.165, 1.54) is 6.42 Å². The number of unbranched alkanes of at least 4 members (excludes halogenated alkanes) is 1. The van der Waals surface area contributed by atoms with Crippen LogP contribution in [0.4, 0.5) is 0 Å². The van der Waals surface area contributed by atoms with E-state index in [1.54, 1.807) is 0 Å². The van der Waals surface area contributed by atoms with Crippen LogP contribution in [0, 0.1) is 0 Å². The van der Waals surface area contributed by atoms with Gasteiger partial charge in [-0.2, -0.15) is 0 Å². The van der Waals surface area contributed by atoms with E-state index in [-0.39, 0.29) is 0 Å². The summed E-state index contributed by atoms with van der Waals surface area (Å²) in [6.45, 7) is 8.69. The summed E-state index contributed by atoms with van der Waals surface area (Å²) in [6.07, 6.45) is 3.30. The number of rotatable bonds is 9. The monoisotopic (exact) mass is 293 g/mol. The van der Waals surface area contributed by atoms with Crippen LogP contribution in [0.5, 0.6) is 11.5 Å². The van der Waals surface area contributed by atoms with Crippen LogP contribution in [0.25, 0.3) is 0 Å². The summed E-state index contributed by atoms with van der Waals surface area (Å²) < 4.78 is 16.6. The molecule has 0 amide bonds. The molecular formula is C17H27NO3. The Morgan fingerprint density at radius 2 is 1.57 bits per heavy atom. The van der Waals surface area contributed by atoms with Crippen molar-refractivity contribution in [3.63, 3.8) is 0 Å². The van der Waals surface area contributed by atoms with Gasteiger partial charge in [0, 0.05) is 13.1 Å². The van der Waals surface area contributed by atoms with Gasteiger partial charge >= 0.3 is 0 Å². The van der Waals surface area contributed by atoms with Gasteiger partial charge in [0.05, 0.1) is 26.4 Å².